The van der Waals surface area contributed by atoms with Crippen molar-refractivity contribution in [2.75, 3.05) is 40.3 Å². The molecule has 2 amide bonds. The second kappa shape index (κ2) is 8.11. The maximum absolute atomic E-state index is 13.3. The highest BCUT2D eigenvalue weighted by molar-refractivity contribution is 5.97. The Kier molecular flexibility index (Phi) is 5.58. The van der Waals surface area contributed by atoms with E-state index >= 15 is 0 Å². The van der Waals surface area contributed by atoms with Crippen molar-refractivity contribution in [3.8, 4) is 5.75 Å². The summed E-state index contributed by atoms with van der Waals surface area (Å²) in [7, 11) is 3.56. The Balaban J connectivity index is 1.50. The fraction of sp³-hybridized carbons (Fsp3) is 0.636. The van der Waals surface area contributed by atoms with E-state index < -0.39 is 0 Å². The molecule has 1 N–H and O–H groups in total. The van der Waals surface area contributed by atoms with Gasteiger partial charge in [0, 0.05) is 38.6 Å². The summed E-state index contributed by atoms with van der Waals surface area (Å²) in [4.78, 5) is 29.7. The van der Waals surface area contributed by atoms with Crippen LogP contribution in [0.4, 0.5) is 0 Å². The molecule has 1 aromatic carbocycles. The molecule has 0 unspecified atom stereocenters. The molecular weight excluding hydrogens is 354 g/mol. The zero-order chi connectivity index (χ0) is 19.7. The number of likely N-dealkylation sites (N-methyl/N-ethyl adjacent to an activating group) is 1. The van der Waals surface area contributed by atoms with Crippen molar-refractivity contribution in [1.29, 1.82) is 0 Å². The van der Waals surface area contributed by atoms with Crippen molar-refractivity contribution < 1.29 is 14.3 Å². The number of likely N-dealkylation sites (tertiary alicyclic amines) is 2. The molecule has 0 bridgehead atoms. The van der Waals surface area contributed by atoms with Crippen LogP contribution in [-0.2, 0) is 17.6 Å². The van der Waals surface area contributed by atoms with Gasteiger partial charge in [0.1, 0.15) is 5.75 Å². The fourth-order valence-electron chi connectivity index (χ4n) is 5.17. The van der Waals surface area contributed by atoms with Gasteiger partial charge in [-0.2, -0.15) is 0 Å². The fourth-order valence-corrected chi connectivity index (χ4v) is 5.17. The van der Waals surface area contributed by atoms with E-state index in [2.05, 4.69) is 17.4 Å². The molecule has 2 atom stereocenters. The zero-order valence-corrected chi connectivity index (χ0v) is 17.0. The first-order chi connectivity index (χ1) is 13.6. The maximum atomic E-state index is 13.3. The number of benzene rings is 1. The number of aryl methyl sites for hydroxylation is 2. The monoisotopic (exact) mass is 385 g/mol. The number of amides is 2. The van der Waals surface area contributed by atoms with Gasteiger partial charge in [0.25, 0.3) is 5.91 Å². The molecule has 2 aliphatic heterocycles. The third-order valence-electron chi connectivity index (χ3n) is 6.68. The molecule has 0 saturated carbocycles. The maximum Gasteiger partial charge on any atom is 0.257 e. The second-order valence-corrected chi connectivity index (χ2v) is 8.27. The van der Waals surface area contributed by atoms with Crippen LogP contribution in [0.15, 0.2) is 12.1 Å². The van der Waals surface area contributed by atoms with E-state index in [-0.39, 0.29) is 17.9 Å². The quantitative estimate of drug-likeness (QED) is 0.840. The highest BCUT2D eigenvalue weighted by Gasteiger charge is 2.40. The van der Waals surface area contributed by atoms with Crippen LogP contribution in [0.1, 0.15) is 47.2 Å². The van der Waals surface area contributed by atoms with Crippen molar-refractivity contribution in [2.24, 2.45) is 5.92 Å². The first-order valence-electron chi connectivity index (χ1n) is 10.6. The molecule has 6 nitrogen and oxygen atoms in total. The van der Waals surface area contributed by atoms with Gasteiger partial charge in [-0.1, -0.05) is 0 Å². The summed E-state index contributed by atoms with van der Waals surface area (Å²) in [5.41, 5.74) is 3.30. The molecule has 2 fully saturated rings. The lowest BCUT2D eigenvalue weighted by Gasteiger charge is -2.47. The smallest absolute Gasteiger partial charge is 0.257 e. The van der Waals surface area contributed by atoms with Crippen LogP contribution in [0.25, 0.3) is 0 Å². The summed E-state index contributed by atoms with van der Waals surface area (Å²) < 4.78 is 5.56. The minimum Gasteiger partial charge on any atom is -0.496 e. The van der Waals surface area contributed by atoms with Crippen molar-refractivity contribution in [1.82, 2.24) is 15.1 Å². The first-order valence-corrected chi connectivity index (χ1v) is 10.6. The van der Waals surface area contributed by atoms with Crippen LogP contribution in [0, 0.1) is 5.92 Å². The molecule has 3 aliphatic rings. The minimum atomic E-state index is 0.0728. The molecule has 1 aromatic rings. The van der Waals surface area contributed by atoms with Gasteiger partial charge >= 0.3 is 0 Å². The van der Waals surface area contributed by atoms with Gasteiger partial charge in [0.05, 0.1) is 12.7 Å². The number of carbonyl (C=O) groups is 2. The van der Waals surface area contributed by atoms with Gasteiger partial charge in [-0.25, -0.2) is 0 Å². The number of nitrogens with zero attached hydrogens (tertiary/aromatic N) is 2. The molecule has 2 heterocycles. The molecule has 28 heavy (non-hydrogen) atoms. The number of piperidine rings is 2. The Morgan fingerprint density at radius 1 is 1.21 bits per heavy atom. The van der Waals surface area contributed by atoms with Crippen molar-refractivity contribution in [3.05, 3.63) is 28.8 Å². The van der Waals surface area contributed by atoms with Gasteiger partial charge in [0.15, 0.2) is 0 Å². The van der Waals surface area contributed by atoms with E-state index in [1.54, 1.807) is 7.11 Å². The highest BCUT2D eigenvalue weighted by atomic mass is 16.5. The van der Waals surface area contributed by atoms with Crippen LogP contribution < -0.4 is 10.1 Å². The minimum absolute atomic E-state index is 0.0728. The predicted octanol–water partition coefficient (Wildman–Crippen LogP) is 1.86. The van der Waals surface area contributed by atoms with Gasteiger partial charge in [0.2, 0.25) is 5.91 Å². The molecule has 6 heteroatoms. The standard InChI is InChI=1S/C22H31N3O3/c1-23-9-11-25-19-8-10-24(14-17(19)6-7-21(25)26)22(27)18-12-15-4-3-5-16(15)13-20(18)28-2/h12-13,17,19,23H,3-11,14H2,1-2H3/t17-,19+/m0/s1. The number of nitrogens with one attached hydrogen (secondary N) is 1. The van der Waals surface area contributed by atoms with E-state index in [1.165, 1.54) is 11.1 Å². The van der Waals surface area contributed by atoms with Gasteiger partial charge < -0.3 is 19.9 Å². The summed E-state index contributed by atoms with van der Waals surface area (Å²) in [6.45, 7) is 2.99. The zero-order valence-electron chi connectivity index (χ0n) is 17.0. The lowest BCUT2D eigenvalue weighted by Crippen LogP contribution is -2.57. The average molecular weight is 386 g/mol. The van der Waals surface area contributed by atoms with Crippen molar-refractivity contribution >= 4 is 11.8 Å². The average Bonchev–Trinajstić information content (AvgIpc) is 3.18. The van der Waals surface area contributed by atoms with E-state index in [4.69, 9.17) is 4.74 Å². The molecule has 2 saturated heterocycles. The molecule has 152 valence electrons. The topological polar surface area (TPSA) is 61.9 Å². The Hall–Kier alpha value is -2.08. The van der Waals surface area contributed by atoms with Gasteiger partial charge in [-0.05, 0) is 68.3 Å². The van der Waals surface area contributed by atoms with Crippen molar-refractivity contribution in [2.45, 2.75) is 44.6 Å². The van der Waals surface area contributed by atoms with Gasteiger partial charge in [-0.3, -0.25) is 9.59 Å². The van der Waals surface area contributed by atoms with E-state index in [0.717, 1.165) is 51.7 Å². The summed E-state index contributed by atoms with van der Waals surface area (Å²) >= 11 is 0. The SMILES string of the molecule is CNCCN1C(=O)CC[C@H]2CN(C(=O)c3cc4c(cc3OC)CCC4)CC[C@H]21. The molecule has 1 aliphatic carbocycles. The van der Waals surface area contributed by atoms with Crippen molar-refractivity contribution in [3.63, 3.8) is 0 Å². The Bertz CT molecular complexity index is 764. The predicted molar refractivity (Wildman–Crippen MR) is 108 cm³/mol. The summed E-state index contributed by atoms with van der Waals surface area (Å²) in [6, 6.07) is 4.38. The highest BCUT2D eigenvalue weighted by Crippen LogP contribution is 2.34. The summed E-state index contributed by atoms with van der Waals surface area (Å²) in [5, 5.41) is 3.14. The summed E-state index contributed by atoms with van der Waals surface area (Å²) in [5.74, 6) is 1.40. The largest absolute Gasteiger partial charge is 0.496 e. The molecule has 0 spiro atoms. The Morgan fingerprint density at radius 2 is 2.00 bits per heavy atom. The van der Waals surface area contributed by atoms with Crippen LogP contribution in [-0.4, -0.2) is 68.0 Å². The lowest BCUT2D eigenvalue weighted by molar-refractivity contribution is -0.140. The Morgan fingerprint density at radius 3 is 2.75 bits per heavy atom. The molecular formula is C22H31N3O3. The van der Waals surface area contributed by atoms with E-state index in [0.29, 0.717) is 30.2 Å². The molecule has 0 aromatic heterocycles. The normalized spacial score (nSPS) is 24.1. The lowest BCUT2D eigenvalue weighted by atomic mass is 9.83. The number of methoxy groups -OCH3 is 1. The van der Waals surface area contributed by atoms with Crippen LogP contribution in [0.3, 0.4) is 0 Å². The summed E-state index contributed by atoms with van der Waals surface area (Å²) in [6.07, 6.45) is 5.61. The van der Waals surface area contributed by atoms with E-state index in [9.17, 15) is 9.59 Å². The third kappa shape index (κ3) is 3.50. The number of fused-ring (bicyclic) bond motifs is 2. The first kappa shape index (κ1) is 19.2. The molecule has 4 rings (SSSR count). The number of rotatable bonds is 5. The van der Waals surface area contributed by atoms with Crippen LogP contribution >= 0.6 is 0 Å². The third-order valence-corrected chi connectivity index (χ3v) is 6.68. The van der Waals surface area contributed by atoms with Crippen LogP contribution in [0.5, 0.6) is 5.75 Å². The van der Waals surface area contributed by atoms with Gasteiger partial charge in [-0.15, -0.1) is 0 Å². The van der Waals surface area contributed by atoms with Crippen LogP contribution in [0.2, 0.25) is 0 Å². The molecule has 0 radical (unpaired) electrons. The number of hydrogen-bond acceptors (Lipinski definition) is 4. The second-order valence-electron chi connectivity index (χ2n) is 8.27. The Labute approximate surface area is 167 Å². The number of ether oxygens (including phenoxy) is 1. The van der Waals surface area contributed by atoms with E-state index in [1.807, 2.05) is 16.8 Å². The number of carbonyl (C=O) groups excluding carboxylic acids is 2. The number of hydrogen-bond donors (Lipinski definition) is 1.